The largest absolute Gasteiger partial charge is 0.387 e. The van der Waals surface area contributed by atoms with E-state index in [1.165, 1.54) is 5.69 Å². The lowest BCUT2D eigenvalue weighted by Gasteiger charge is -2.01. The van der Waals surface area contributed by atoms with Crippen LogP contribution in [0.25, 0.3) is 0 Å². The van der Waals surface area contributed by atoms with Gasteiger partial charge in [-0.2, -0.15) is 0 Å². The fourth-order valence-corrected chi connectivity index (χ4v) is 1.05. The number of rotatable bonds is 2. The summed E-state index contributed by atoms with van der Waals surface area (Å²) in [5.74, 6) is 0. The average molecular weight is 152 g/mol. The Balaban J connectivity index is 2.78. The van der Waals surface area contributed by atoms with E-state index in [4.69, 9.17) is 5.11 Å². The summed E-state index contributed by atoms with van der Waals surface area (Å²) in [6.45, 7) is 4.49. The standard InChI is InChI=1S/C9H14NO/c1-8-5-3-4-6-10(8)7-9(2)11/h3-6,9,11H,7H2,1-2H3/q+1. The molecule has 1 aromatic rings. The van der Waals surface area contributed by atoms with E-state index in [1.807, 2.05) is 35.9 Å². The first-order chi connectivity index (χ1) is 5.20. The van der Waals surface area contributed by atoms with Crippen molar-refractivity contribution in [1.82, 2.24) is 0 Å². The van der Waals surface area contributed by atoms with Crippen LogP contribution in [0.4, 0.5) is 0 Å². The summed E-state index contributed by atoms with van der Waals surface area (Å²) in [7, 11) is 0. The first-order valence-corrected chi connectivity index (χ1v) is 3.83. The molecule has 0 bridgehead atoms. The lowest BCUT2D eigenvalue weighted by Crippen LogP contribution is -2.41. The Bertz CT molecular complexity index is 233. The Morgan fingerprint density at radius 3 is 2.82 bits per heavy atom. The van der Waals surface area contributed by atoms with Gasteiger partial charge >= 0.3 is 0 Å². The van der Waals surface area contributed by atoms with E-state index in [0.717, 1.165) is 0 Å². The number of aryl methyl sites for hydroxylation is 1. The molecule has 2 nitrogen and oxygen atoms in total. The van der Waals surface area contributed by atoms with Crippen LogP contribution in [-0.4, -0.2) is 11.2 Å². The minimum Gasteiger partial charge on any atom is -0.387 e. The quantitative estimate of drug-likeness (QED) is 0.619. The van der Waals surface area contributed by atoms with Crippen LogP contribution in [0.3, 0.4) is 0 Å². The van der Waals surface area contributed by atoms with Crippen molar-refractivity contribution in [3.63, 3.8) is 0 Å². The molecule has 60 valence electrons. The second-order valence-electron chi connectivity index (χ2n) is 2.84. The maximum atomic E-state index is 9.11. The van der Waals surface area contributed by atoms with Gasteiger partial charge in [-0.1, -0.05) is 6.07 Å². The molecule has 1 rings (SSSR count). The fraction of sp³-hybridized carbons (Fsp3) is 0.444. The van der Waals surface area contributed by atoms with Gasteiger partial charge in [0.15, 0.2) is 18.4 Å². The Morgan fingerprint density at radius 1 is 1.55 bits per heavy atom. The maximum Gasteiger partial charge on any atom is 0.178 e. The van der Waals surface area contributed by atoms with E-state index < -0.39 is 0 Å². The SMILES string of the molecule is Cc1cccc[n+]1CC(C)O. The summed E-state index contributed by atoms with van der Waals surface area (Å²) >= 11 is 0. The lowest BCUT2D eigenvalue weighted by atomic mass is 10.3. The highest BCUT2D eigenvalue weighted by molar-refractivity contribution is 4.94. The maximum absolute atomic E-state index is 9.11. The molecule has 0 radical (unpaired) electrons. The molecule has 0 saturated heterocycles. The van der Waals surface area contributed by atoms with E-state index in [2.05, 4.69) is 0 Å². The Morgan fingerprint density at radius 2 is 2.27 bits per heavy atom. The summed E-state index contributed by atoms with van der Waals surface area (Å²) < 4.78 is 2.03. The number of pyridine rings is 1. The first-order valence-electron chi connectivity index (χ1n) is 3.83. The van der Waals surface area contributed by atoms with E-state index in [9.17, 15) is 0 Å². The summed E-state index contributed by atoms with van der Waals surface area (Å²) in [6.07, 6.45) is 1.70. The van der Waals surface area contributed by atoms with Crippen LogP contribution in [0.2, 0.25) is 0 Å². The number of hydrogen-bond donors (Lipinski definition) is 1. The topological polar surface area (TPSA) is 24.1 Å². The van der Waals surface area contributed by atoms with Gasteiger partial charge in [-0.15, -0.1) is 0 Å². The molecule has 1 heterocycles. The molecule has 11 heavy (non-hydrogen) atoms. The number of aliphatic hydroxyl groups is 1. The van der Waals surface area contributed by atoms with Gasteiger partial charge in [0, 0.05) is 19.1 Å². The molecule has 1 atom stereocenters. The van der Waals surface area contributed by atoms with Crippen molar-refractivity contribution in [3.05, 3.63) is 30.1 Å². The molecule has 0 fully saturated rings. The summed E-state index contributed by atoms with van der Waals surface area (Å²) in [6, 6.07) is 5.99. The molecular weight excluding hydrogens is 138 g/mol. The molecule has 1 unspecified atom stereocenters. The third kappa shape index (κ3) is 2.31. The predicted octanol–water partition coefficient (Wildman–Crippen LogP) is 0.663. The molecule has 0 amide bonds. The van der Waals surface area contributed by atoms with Crippen molar-refractivity contribution in [2.45, 2.75) is 26.5 Å². The van der Waals surface area contributed by atoms with Crippen molar-refractivity contribution in [1.29, 1.82) is 0 Å². The van der Waals surface area contributed by atoms with Gasteiger partial charge in [-0.3, -0.25) is 0 Å². The summed E-state index contributed by atoms with van der Waals surface area (Å²) in [5, 5.41) is 9.11. The van der Waals surface area contributed by atoms with Gasteiger partial charge in [-0.25, -0.2) is 4.57 Å². The molecular formula is C9H14NO+. The van der Waals surface area contributed by atoms with Crippen LogP contribution in [0.5, 0.6) is 0 Å². The molecule has 0 saturated carbocycles. The first kappa shape index (κ1) is 8.21. The van der Waals surface area contributed by atoms with Gasteiger partial charge in [0.1, 0.15) is 6.10 Å². The van der Waals surface area contributed by atoms with E-state index in [0.29, 0.717) is 6.54 Å². The normalized spacial score (nSPS) is 13.0. The van der Waals surface area contributed by atoms with E-state index >= 15 is 0 Å². The summed E-state index contributed by atoms with van der Waals surface area (Å²) in [4.78, 5) is 0. The van der Waals surface area contributed by atoms with Gasteiger partial charge in [0.05, 0.1) is 0 Å². The van der Waals surface area contributed by atoms with E-state index in [1.54, 1.807) is 6.92 Å². The van der Waals surface area contributed by atoms with Crippen molar-refractivity contribution < 1.29 is 9.67 Å². The molecule has 1 N–H and O–H groups in total. The van der Waals surface area contributed by atoms with Crippen molar-refractivity contribution in [2.75, 3.05) is 0 Å². The molecule has 0 aliphatic heterocycles. The predicted molar refractivity (Wildman–Crippen MR) is 43.1 cm³/mol. The van der Waals surface area contributed by atoms with Crippen molar-refractivity contribution in [2.24, 2.45) is 0 Å². The number of nitrogens with zero attached hydrogens (tertiary/aromatic N) is 1. The van der Waals surface area contributed by atoms with Crippen LogP contribution in [0.15, 0.2) is 24.4 Å². The van der Waals surface area contributed by atoms with Crippen molar-refractivity contribution >= 4 is 0 Å². The monoisotopic (exact) mass is 152 g/mol. The number of hydrogen-bond acceptors (Lipinski definition) is 1. The summed E-state index contributed by atoms with van der Waals surface area (Å²) in [5.41, 5.74) is 1.17. The molecule has 0 aromatic carbocycles. The fourth-order valence-electron chi connectivity index (χ4n) is 1.05. The van der Waals surface area contributed by atoms with Crippen LogP contribution < -0.4 is 4.57 Å². The highest BCUT2D eigenvalue weighted by atomic mass is 16.3. The minimum atomic E-state index is -0.277. The zero-order valence-electron chi connectivity index (χ0n) is 6.99. The minimum absolute atomic E-state index is 0.277. The van der Waals surface area contributed by atoms with E-state index in [-0.39, 0.29) is 6.10 Å². The lowest BCUT2D eigenvalue weighted by molar-refractivity contribution is -0.708. The highest BCUT2D eigenvalue weighted by Crippen LogP contribution is 1.88. The second-order valence-corrected chi connectivity index (χ2v) is 2.84. The average Bonchev–Trinajstić information content (AvgIpc) is 1.93. The van der Waals surface area contributed by atoms with Crippen LogP contribution >= 0.6 is 0 Å². The molecule has 2 heteroatoms. The third-order valence-electron chi connectivity index (χ3n) is 1.63. The van der Waals surface area contributed by atoms with Crippen molar-refractivity contribution in [3.8, 4) is 0 Å². The third-order valence-corrected chi connectivity index (χ3v) is 1.63. The van der Waals surface area contributed by atoms with Gasteiger partial charge < -0.3 is 5.11 Å². The zero-order valence-corrected chi connectivity index (χ0v) is 6.99. The second kappa shape index (κ2) is 3.49. The molecule has 0 aliphatic rings. The van der Waals surface area contributed by atoms with Crippen LogP contribution in [0, 0.1) is 6.92 Å². The highest BCUT2D eigenvalue weighted by Gasteiger charge is 2.06. The smallest absolute Gasteiger partial charge is 0.178 e. The zero-order chi connectivity index (χ0) is 8.27. The molecule has 0 aliphatic carbocycles. The Hall–Kier alpha value is -0.890. The number of aromatic nitrogens is 1. The van der Waals surface area contributed by atoms with Gasteiger partial charge in [0.2, 0.25) is 0 Å². The van der Waals surface area contributed by atoms with Crippen LogP contribution in [0.1, 0.15) is 12.6 Å². The molecule has 1 aromatic heterocycles. The Kier molecular flexibility index (Phi) is 2.60. The van der Waals surface area contributed by atoms with Crippen LogP contribution in [-0.2, 0) is 6.54 Å². The Labute approximate surface area is 67.1 Å². The number of aliphatic hydroxyl groups excluding tert-OH is 1. The molecule has 0 spiro atoms. The van der Waals surface area contributed by atoms with Gasteiger partial charge in [0.25, 0.3) is 0 Å². The van der Waals surface area contributed by atoms with Gasteiger partial charge in [-0.05, 0) is 6.92 Å².